The van der Waals surface area contributed by atoms with Crippen LogP contribution in [0.2, 0.25) is 10.0 Å². The Morgan fingerprint density at radius 1 is 0.791 bits per heavy atom. The van der Waals surface area contributed by atoms with Gasteiger partial charge >= 0.3 is 0 Å². The van der Waals surface area contributed by atoms with Crippen LogP contribution < -0.4 is 9.62 Å². The van der Waals surface area contributed by atoms with Crippen LogP contribution in [0.3, 0.4) is 0 Å². The van der Waals surface area contributed by atoms with Gasteiger partial charge in [-0.3, -0.25) is 13.9 Å². The van der Waals surface area contributed by atoms with Gasteiger partial charge in [-0.15, -0.1) is 0 Å². The van der Waals surface area contributed by atoms with Crippen LogP contribution in [0.1, 0.15) is 23.6 Å². The van der Waals surface area contributed by atoms with Gasteiger partial charge in [0.2, 0.25) is 11.8 Å². The molecule has 0 unspecified atom stereocenters. The molecule has 2 amide bonds. The van der Waals surface area contributed by atoms with E-state index in [1.807, 2.05) is 37.3 Å². The summed E-state index contributed by atoms with van der Waals surface area (Å²) in [5.41, 5.74) is 2.75. The van der Waals surface area contributed by atoms with Crippen LogP contribution in [0, 0.1) is 6.92 Å². The van der Waals surface area contributed by atoms with Crippen LogP contribution in [0.4, 0.5) is 5.69 Å². The van der Waals surface area contributed by atoms with E-state index in [1.54, 1.807) is 67.6 Å². The molecule has 0 heterocycles. The van der Waals surface area contributed by atoms with Crippen LogP contribution in [-0.2, 0) is 32.6 Å². The molecule has 1 atom stereocenters. The minimum absolute atomic E-state index is 0.0367. The Labute approximate surface area is 263 Å². The molecule has 4 aromatic rings. The second kappa shape index (κ2) is 14.6. The van der Waals surface area contributed by atoms with E-state index in [0.717, 1.165) is 21.0 Å². The first-order valence-corrected chi connectivity index (χ1v) is 16.0. The highest BCUT2D eigenvalue weighted by atomic mass is 35.5. The van der Waals surface area contributed by atoms with Crippen molar-refractivity contribution in [1.82, 2.24) is 10.2 Å². The molecule has 0 saturated carbocycles. The number of carbonyl (C=O) groups is 2. The van der Waals surface area contributed by atoms with Gasteiger partial charge in [-0.2, -0.15) is 0 Å². The average Bonchev–Trinajstić information content (AvgIpc) is 3.00. The number of likely N-dealkylation sites (N-methyl/N-ethyl adjacent to an activating group) is 1. The third-order valence-electron chi connectivity index (χ3n) is 6.89. The Morgan fingerprint density at radius 3 is 1.95 bits per heavy atom. The highest BCUT2D eigenvalue weighted by molar-refractivity contribution is 7.92. The van der Waals surface area contributed by atoms with Crippen molar-refractivity contribution in [1.29, 1.82) is 0 Å². The minimum atomic E-state index is -4.18. The topological polar surface area (TPSA) is 86.8 Å². The molecule has 0 aromatic heterocycles. The molecule has 1 N–H and O–H groups in total. The van der Waals surface area contributed by atoms with E-state index in [1.165, 1.54) is 17.0 Å². The first-order chi connectivity index (χ1) is 20.6. The zero-order valence-electron chi connectivity index (χ0n) is 23.9. The van der Waals surface area contributed by atoms with Crippen molar-refractivity contribution in [3.05, 3.63) is 130 Å². The van der Waals surface area contributed by atoms with E-state index in [-0.39, 0.29) is 29.5 Å². The largest absolute Gasteiger partial charge is 0.355 e. The maximum Gasteiger partial charge on any atom is 0.264 e. The molecule has 0 aliphatic carbocycles. The van der Waals surface area contributed by atoms with E-state index in [2.05, 4.69) is 5.32 Å². The third kappa shape index (κ3) is 8.38. The molecule has 0 fully saturated rings. The van der Waals surface area contributed by atoms with Crippen LogP contribution in [-0.4, -0.2) is 44.3 Å². The second-order valence-corrected chi connectivity index (χ2v) is 12.8. The number of aryl methyl sites for hydroxylation is 1. The maximum absolute atomic E-state index is 14.3. The molecule has 10 heteroatoms. The molecule has 0 saturated heterocycles. The quantitative estimate of drug-likeness (QED) is 0.198. The van der Waals surface area contributed by atoms with E-state index in [0.29, 0.717) is 16.6 Å². The number of sulfonamides is 1. The first-order valence-electron chi connectivity index (χ1n) is 13.8. The zero-order valence-corrected chi connectivity index (χ0v) is 26.2. The fourth-order valence-corrected chi connectivity index (χ4v) is 6.27. The number of amides is 2. The lowest BCUT2D eigenvalue weighted by Crippen LogP contribution is -2.53. The summed E-state index contributed by atoms with van der Waals surface area (Å²) in [7, 11) is -4.18. The van der Waals surface area contributed by atoms with Crippen LogP contribution in [0.15, 0.2) is 108 Å². The standard InChI is InChI=1S/C33H33Cl2N3O4S/c1-3-36-33(40)31(21-25-7-5-4-6-8-25)37(22-26-11-13-27(34)14-12-26)32(39)23-38(29-17-15-28(35)16-18-29)43(41,42)30-19-9-24(2)10-20-30/h4-20,31H,3,21-23H2,1-2H3,(H,36,40)/t31-/m0/s1. The van der Waals surface area contributed by atoms with Crippen molar-refractivity contribution >= 4 is 50.7 Å². The maximum atomic E-state index is 14.3. The molecule has 7 nitrogen and oxygen atoms in total. The van der Waals surface area contributed by atoms with Gasteiger partial charge in [-0.1, -0.05) is 83.4 Å². The minimum Gasteiger partial charge on any atom is -0.355 e. The highest BCUT2D eigenvalue weighted by Gasteiger charge is 2.34. The van der Waals surface area contributed by atoms with Gasteiger partial charge in [0, 0.05) is 29.6 Å². The number of nitrogens with zero attached hydrogens (tertiary/aromatic N) is 2. The molecular weight excluding hydrogens is 605 g/mol. The number of anilines is 1. The number of carbonyl (C=O) groups excluding carboxylic acids is 2. The fraction of sp³-hybridized carbons (Fsp3) is 0.212. The van der Waals surface area contributed by atoms with Gasteiger partial charge in [-0.25, -0.2) is 8.42 Å². The monoisotopic (exact) mass is 637 g/mol. The van der Waals surface area contributed by atoms with Crippen LogP contribution in [0.25, 0.3) is 0 Å². The van der Waals surface area contributed by atoms with Gasteiger partial charge in [-0.05, 0) is 73.5 Å². The van der Waals surface area contributed by atoms with Crippen LogP contribution >= 0.6 is 23.2 Å². The van der Waals surface area contributed by atoms with E-state index in [4.69, 9.17) is 23.2 Å². The van der Waals surface area contributed by atoms with Gasteiger partial charge in [0.05, 0.1) is 10.6 Å². The number of benzene rings is 4. The van der Waals surface area contributed by atoms with Crippen molar-refractivity contribution in [2.75, 3.05) is 17.4 Å². The highest BCUT2D eigenvalue weighted by Crippen LogP contribution is 2.27. The van der Waals surface area contributed by atoms with E-state index in [9.17, 15) is 18.0 Å². The van der Waals surface area contributed by atoms with E-state index < -0.39 is 28.5 Å². The SMILES string of the molecule is CCNC(=O)[C@H](Cc1ccccc1)N(Cc1ccc(Cl)cc1)C(=O)CN(c1ccc(Cl)cc1)S(=O)(=O)c1ccc(C)cc1. The van der Waals surface area contributed by atoms with Gasteiger partial charge in [0.1, 0.15) is 12.6 Å². The predicted molar refractivity (Wildman–Crippen MR) is 172 cm³/mol. The lowest BCUT2D eigenvalue weighted by molar-refractivity contribution is -0.140. The smallest absolute Gasteiger partial charge is 0.264 e. The summed E-state index contributed by atoms with van der Waals surface area (Å²) in [6.45, 7) is 3.55. The molecule has 0 aliphatic heterocycles. The fourth-order valence-electron chi connectivity index (χ4n) is 4.61. The van der Waals surface area contributed by atoms with Gasteiger partial charge in [0.25, 0.3) is 10.0 Å². The number of rotatable bonds is 12. The molecule has 224 valence electrons. The van der Waals surface area contributed by atoms with Crippen molar-refractivity contribution in [3.8, 4) is 0 Å². The molecule has 0 radical (unpaired) electrons. The molecule has 0 bridgehead atoms. The summed E-state index contributed by atoms with van der Waals surface area (Å²) in [6.07, 6.45) is 0.234. The normalized spacial score (nSPS) is 11.9. The van der Waals surface area contributed by atoms with Crippen LogP contribution in [0.5, 0.6) is 0 Å². The number of halogens is 2. The first kappa shape index (κ1) is 32.1. The Hall–Kier alpha value is -3.85. The lowest BCUT2D eigenvalue weighted by Gasteiger charge is -2.33. The third-order valence-corrected chi connectivity index (χ3v) is 9.18. The summed E-state index contributed by atoms with van der Waals surface area (Å²) in [5.74, 6) is -0.888. The number of hydrogen-bond donors (Lipinski definition) is 1. The van der Waals surface area contributed by atoms with Crippen molar-refractivity contribution < 1.29 is 18.0 Å². The predicted octanol–water partition coefficient (Wildman–Crippen LogP) is 6.27. The molecule has 4 rings (SSSR count). The summed E-state index contributed by atoms with van der Waals surface area (Å²) in [5, 5.41) is 3.80. The Morgan fingerprint density at radius 2 is 1.37 bits per heavy atom. The zero-order chi connectivity index (χ0) is 31.0. The summed E-state index contributed by atoms with van der Waals surface area (Å²) in [4.78, 5) is 29.3. The molecular formula is C33H33Cl2N3O4S. The molecule has 0 spiro atoms. The number of nitrogens with one attached hydrogen (secondary N) is 1. The Bertz CT molecular complexity index is 1630. The van der Waals surface area contributed by atoms with Gasteiger partial charge < -0.3 is 10.2 Å². The molecule has 0 aliphatic rings. The summed E-state index contributed by atoms with van der Waals surface area (Å²) < 4.78 is 29.1. The van der Waals surface area contributed by atoms with Crippen molar-refractivity contribution in [3.63, 3.8) is 0 Å². The summed E-state index contributed by atoms with van der Waals surface area (Å²) in [6, 6.07) is 28.1. The van der Waals surface area contributed by atoms with Crippen molar-refractivity contribution in [2.24, 2.45) is 0 Å². The van der Waals surface area contributed by atoms with Gasteiger partial charge in [0.15, 0.2) is 0 Å². The Balaban J connectivity index is 1.78. The lowest BCUT2D eigenvalue weighted by atomic mass is 10.0. The van der Waals surface area contributed by atoms with E-state index >= 15 is 0 Å². The molecule has 43 heavy (non-hydrogen) atoms. The Kier molecular flexibility index (Phi) is 10.9. The summed E-state index contributed by atoms with van der Waals surface area (Å²) >= 11 is 12.2. The molecule has 4 aromatic carbocycles. The number of hydrogen-bond acceptors (Lipinski definition) is 4. The van der Waals surface area contributed by atoms with Crippen molar-refractivity contribution in [2.45, 2.75) is 37.8 Å². The second-order valence-electron chi connectivity index (χ2n) is 10.0. The average molecular weight is 639 g/mol.